The fourth-order valence-electron chi connectivity index (χ4n) is 2.31. The number of thioether (sulfide) groups is 2. The van der Waals surface area contributed by atoms with Crippen LogP contribution in [0.5, 0.6) is 0 Å². The fourth-order valence-corrected chi connectivity index (χ4v) is 4.27. The van der Waals surface area contributed by atoms with Gasteiger partial charge >= 0.3 is 0 Å². The van der Waals surface area contributed by atoms with Crippen LogP contribution in [0.3, 0.4) is 0 Å². The zero-order valence-corrected chi connectivity index (χ0v) is 11.7. The highest BCUT2D eigenvalue weighted by molar-refractivity contribution is 8.39. The summed E-state index contributed by atoms with van der Waals surface area (Å²) in [6.45, 7) is 0.490. The van der Waals surface area contributed by atoms with Crippen LogP contribution >= 0.6 is 23.5 Å². The van der Waals surface area contributed by atoms with Crippen LogP contribution in [-0.2, 0) is 14.4 Å². The number of fused-ring (bicyclic) bond motifs is 2. The molecule has 1 aromatic rings. The molecule has 2 aliphatic heterocycles. The van der Waals surface area contributed by atoms with Gasteiger partial charge in [0.1, 0.15) is 4.38 Å². The highest BCUT2D eigenvalue weighted by Crippen LogP contribution is 2.53. The number of hydrogen-bond acceptors (Lipinski definition) is 5. The number of hydrogen-bond donors (Lipinski definition) is 0. The maximum atomic E-state index is 12.6. The van der Waals surface area contributed by atoms with Crippen molar-refractivity contribution in [3.63, 3.8) is 0 Å². The van der Waals surface area contributed by atoms with E-state index in [-0.39, 0.29) is 5.91 Å². The lowest BCUT2D eigenvalue weighted by atomic mass is 10.00. The Morgan fingerprint density at radius 2 is 2.28 bits per heavy atom. The molecule has 0 fully saturated rings. The predicted molar refractivity (Wildman–Crippen MR) is 76.0 cm³/mol. The van der Waals surface area contributed by atoms with Crippen LogP contribution in [0.15, 0.2) is 29.3 Å². The van der Waals surface area contributed by atoms with Crippen LogP contribution in [0, 0.1) is 0 Å². The number of anilines is 1. The molecule has 0 unspecified atom stereocenters. The summed E-state index contributed by atoms with van der Waals surface area (Å²) < 4.78 is 0.335. The maximum absolute atomic E-state index is 12.6. The molecule has 1 atom stereocenters. The zero-order valence-electron chi connectivity index (χ0n) is 10.0. The number of para-hydroxylation sites is 1. The standard InChI is InChI=1S/C12H12N2O2S2/c1-16-14-9-6-4-3-5-8(9)12(10(14)15)7-13-11(17-2)18-12/h3-6H,7H2,1-2H3/t12-/m1/s1. The molecule has 0 saturated heterocycles. The minimum absolute atomic E-state index is 0.0380. The van der Waals surface area contributed by atoms with Gasteiger partial charge in [0, 0.05) is 5.56 Å². The van der Waals surface area contributed by atoms with E-state index < -0.39 is 4.75 Å². The second-order valence-electron chi connectivity index (χ2n) is 4.01. The molecule has 4 nitrogen and oxygen atoms in total. The first-order valence-electron chi connectivity index (χ1n) is 5.48. The zero-order chi connectivity index (χ0) is 12.8. The van der Waals surface area contributed by atoms with Gasteiger partial charge in [-0.05, 0) is 12.3 Å². The Balaban J connectivity index is 2.10. The Labute approximate surface area is 114 Å². The highest BCUT2D eigenvalue weighted by atomic mass is 32.2. The predicted octanol–water partition coefficient (Wildman–Crippen LogP) is 2.26. The van der Waals surface area contributed by atoms with Gasteiger partial charge in [0.15, 0.2) is 4.75 Å². The number of aliphatic imine (C=N–C) groups is 1. The van der Waals surface area contributed by atoms with Gasteiger partial charge in [-0.25, -0.2) is 0 Å². The number of carbonyl (C=O) groups is 1. The van der Waals surface area contributed by atoms with Gasteiger partial charge in [0.25, 0.3) is 5.91 Å². The summed E-state index contributed by atoms with van der Waals surface area (Å²) in [4.78, 5) is 22.2. The Morgan fingerprint density at radius 3 is 2.94 bits per heavy atom. The number of rotatable bonds is 1. The molecule has 0 radical (unpaired) electrons. The molecular weight excluding hydrogens is 268 g/mol. The van der Waals surface area contributed by atoms with Gasteiger partial charge in [0.2, 0.25) is 0 Å². The smallest absolute Gasteiger partial charge is 0.270 e. The van der Waals surface area contributed by atoms with Gasteiger partial charge in [0.05, 0.1) is 19.3 Å². The van der Waals surface area contributed by atoms with E-state index in [1.54, 1.807) is 11.8 Å². The summed E-state index contributed by atoms with van der Waals surface area (Å²) in [6.07, 6.45) is 1.98. The fraction of sp³-hybridized carbons (Fsp3) is 0.333. The van der Waals surface area contributed by atoms with Crippen LogP contribution in [0.1, 0.15) is 5.56 Å². The molecule has 0 bridgehead atoms. The molecule has 94 valence electrons. The molecule has 2 heterocycles. The van der Waals surface area contributed by atoms with Crippen LogP contribution < -0.4 is 5.06 Å². The average Bonchev–Trinajstić information content (AvgIpc) is 2.94. The SMILES string of the molecule is CON1C(=O)[C@@]2(CN=C(SC)S2)c2ccccc21. The second-order valence-corrected chi connectivity index (χ2v) is 6.36. The van der Waals surface area contributed by atoms with Crippen molar-refractivity contribution in [1.29, 1.82) is 0 Å². The van der Waals surface area contributed by atoms with Gasteiger partial charge < -0.3 is 0 Å². The van der Waals surface area contributed by atoms with Gasteiger partial charge in [-0.3, -0.25) is 14.6 Å². The minimum Gasteiger partial charge on any atom is -0.270 e. The number of amides is 1. The Morgan fingerprint density at radius 1 is 1.50 bits per heavy atom. The monoisotopic (exact) mass is 280 g/mol. The topological polar surface area (TPSA) is 41.9 Å². The number of benzene rings is 1. The van der Waals surface area contributed by atoms with E-state index in [0.717, 1.165) is 15.6 Å². The van der Waals surface area contributed by atoms with E-state index in [1.165, 1.54) is 23.9 Å². The summed E-state index contributed by atoms with van der Waals surface area (Å²) in [6, 6.07) is 7.75. The van der Waals surface area contributed by atoms with E-state index in [9.17, 15) is 4.79 Å². The molecule has 18 heavy (non-hydrogen) atoms. The number of hydroxylamine groups is 1. The van der Waals surface area contributed by atoms with Crippen molar-refractivity contribution in [2.45, 2.75) is 4.75 Å². The van der Waals surface area contributed by atoms with E-state index in [1.807, 2.05) is 30.5 Å². The summed E-state index contributed by atoms with van der Waals surface area (Å²) in [5, 5.41) is 1.38. The third-order valence-electron chi connectivity index (χ3n) is 3.14. The molecule has 1 amide bonds. The van der Waals surface area contributed by atoms with Crippen LogP contribution in [-0.4, -0.2) is 30.2 Å². The van der Waals surface area contributed by atoms with Crippen molar-refractivity contribution in [2.24, 2.45) is 4.99 Å². The van der Waals surface area contributed by atoms with Crippen molar-refractivity contribution >= 4 is 39.5 Å². The van der Waals surface area contributed by atoms with Crippen molar-refractivity contribution in [3.8, 4) is 0 Å². The number of carbonyl (C=O) groups excluding carboxylic acids is 1. The Kier molecular flexibility index (Phi) is 2.88. The molecule has 0 saturated carbocycles. The first-order chi connectivity index (χ1) is 8.73. The normalized spacial score (nSPS) is 25.8. The lowest BCUT2D eigenvalue weighted by Crippen LogP contribution is -2.38. The van der Waals surface area contributed by atoms with Crippen molar-refractivity contribution in [1.82, 2.24) is 0 Å². The Bertz CT molecular complexity index is 547. The molecule has 3 rings (SSSR count). The second kappa shape index (κ2) is 4.29. The van der Waals surface area contributed by atoms with Crippen LogP contribution in [0.2, 0.25) is 0 Å². The maximum Gasteiger partial charge on any atom is 0.274 e. The lowest BCUT2D eigenvalue weighted by Gasteiger charge is -2.20. The van der Waals surface area contributed by atoms with Gasteiger partial charge in [-0.1, -0.05) is 30.0 Å². The Hall–Kier alpha value is -0.980. The van der Waals surface area contributed by atoms with E-state index in [2.05, 4.69) is 4.99 Å². The largest absolute Gasteiger partial charge is 0.274 e. The van der Waals surface area contributed by atoms with Gasteiger partial charge in [-0.15, -0.1) is 11.8 Å². The highest BCUT2D eigenvalue weighted by Gasteiger charge is 2.55. The molecule has 1 aromatic carbocycles. The number of nitrogens with zero attached hydrogens (tertiary/aromatic N) is 2. The first-order valence-corrected chi connectivity index (χ1v) is 7.52. The minimum atomic E-state index is -0.620. The quantitative estimate of drug-likeness (QED) is 0.791. The molecular formula is C12H12N2O2S2. The van der Waals surface area contributed by atoms with Crippen LogP contribution in [0.4, 0.5) is 5.69 Å². The molecule has 6 heteroatoms. The summed E-state index contributed by atoms with van der Waals surface area (Å²) in [5.41, 5.74) is 1.82. The lowest BCUT2D eigenvalue weighted by molar-refractivity contribution is -0.125. The van der Waals surface area contributed by atoms with Gasteiger partial charge in [-0.2, -0.15) is 5.06 Å². The molecule has 1 spiro atoms. The molecule has 2 aliphatic rings. The summed E-state index contributed by atoms with van der Waals surface area (Å²) in [5.74, 6) is -0.0380. The van der Waals surface area contributed by atoms with Crippen molar-refractivity contribution < 1.29 is 9.63 Å². The molecule has 0 aromatic heterocycles. The van der Waals surface area contributed by atoms with Crippen molar-refractivity contribution in [3.05, 3.63) is 29.8 Å². The molecule has 0 aliphatic carbocycles. The van der Waals surface area contributed by atoms with E-state index >= 15 is 0 Å². The van der Waals surface area contributed by atoms with E-state index in [0.29, 0.717) is 6.54 Å². The van der Waals surface area contributed by atoms with E-state index in [4.69, 9.17) is 4.84 Å². The summed E-state index contributed by atoms with van der Waals surface area (Å²) in [7, 11) is 1.52. The average molecular weight is 280 g/mol. The van der Waals surface area contributed by atoms with Crippen molar-refractivity contribution in [2.75, 3.05) is 25.0 Å². The summed E-state index contributed by atoms with van der Waals surface area (Å²) >= 11 is 3.11. The third-order valence-corrected chi connectivity index (χ3v) is 5.54. The molecule has 0 N–H and O–H groups in total. The first kappa shape index (κ1) is 12.1. The van der Waals surface area contributed by atoms with Crippen LogP contribution in [0.25, 0.3) is 0 Å². The third kappa shape index (κ3) is 1.46.